The van der Waals surface area contributed by atoms with Crippen LogP contribution < -0.4 is 21.9 Å². The molecule has 0 saturated carbocycles. The summed E-state index contributed by atoms with van der Waals surface area (Å²) < 4.78 is 11.7. The summed E-state index contributed by atoms with van der Waals surface area (Å²) in [4.78, 5) is 64.7. The van der Waals surface area contributed by atoms with Gasteiger partial charge in [0.2, 0.25) is 5.91 Å². The zero-order valence-electron chi connectivity index (χ0n) is 24.4. The van der Waals surface area contributed by atoms with Gasteiger partial charge in [0, 0.05) is 24.6 Å². The van der Waals surface area contributed by atoms with Crippen molar-refractivity contribution in [2.75, 3.05) is 0 Å². The molecule has 8 atom stereocenters. The summed E-state index contributed by atoms with van der Waals surface area (Å²) >= 11 is 0. The number of benzene rings is 2. The first kappa shape index (κ1) is 33.9. The Hall–Kier alpha value is -5.03. The summed E-state index contributed by atoms with van der Waals surface area (Å²) in [6.07, 6.45) is -8.43. The van der Waals surface area contributed by atoms with Crippen LogP contribution in [0.4, 0.5) is 4.79 Å². The molecule has 0 bridgehead atoms. The lowest BCUT2D eigenvalue weighted by atomic mass is 9.89. The number of carboxylic acids is 1. The van der Waals surface area contributed by atoms with Crippen LogP contribution in [0.3, 0.4) is 0 Å². The fraction of sp³-hybridized carbons (Fsp3) is 0.367. The molecule has 16 nitrogen and oxygen atoms in total. The molecule has 1 saturated heterocycles. The third-order valence-electron chi connectivity index (χ3n) is 7.56. The highest BCUT2D eigenvalue weighted by Crippen LogP contribution is 2.30. The van der Waals surface area contributed by atoms with Gasteiger partial charge in [0.15, 0.2) is 12.3 Å². The maximum atomic E-state index is 13.7. The van der Waals surface area contributed by atoms with E-state index in [9.17, 15) is 49.5 Å². The molecule has 3 aromatic rings. The van der Waals surface area contributed by atoms with E-state index in [1.165, 1.54) is 31.2 Å². The van der Waals surface area contributed by atoms with Crippen LogP contribution in [0.5, 0.6) is 5.75 Å². The van der Waals surface area contributed by atoms with Gasteiger partial charge in [-0.25, -0.2) is 14.4 Å². The Kier molecular flexibility index (Phi) is 10.9. The number of aliphatic carboxylic acids is 1. The number of phenols is 1. The van der Waals surface area contributed by atoms with Crippen molar-refractivity contribution < 1.29 is 49.4 Å². The van der Waals surface area contributed by atoms with E-state index in [1.807, 2.05) is 4.98 Å². The van der Waals surface area contributed by atoms with Crippen molar-refractivity contribution in [3.05, 3.63) is 98.8 Å². The summed E-state index contributed by atoms with van der Waals surface area (Å²) in [5, 5.41) is 56.4. The van der Waals surface area contributed by atoms with Crippen LogP contribution in [0.15, 0.2) is 76.4 Å². The molecule has 2 amide bonds. The van der Waals surface area contributed by atoms with Gasteiger partial charge in [-0.3, -0.25) is 19.1 Å². The Morgan fingerprint density at radius 2 is 1.72 bits per heavy atom. The average molecular weight is 643 g/mol. The molecule has 0 spiro atoms. The Bertz CT molecular complexity index is 1630. The molecule has 1 aliphatic heterocycles. The largest absolute Gasteiger partial charge is 0.508 e. The molecule has 0 unspecified atom stereocenters. The number of aromatic nitrogens is 2. The molecule has 2 heterocycles. The van der Waals surface area contributed by atoms with E-state index in [1.54, 1.807) is 30.3 Å². The van der Waals surface area contributed by atoms with Gasteiger partial charge in [-0.2, -0.15) is 0 Å². The van der Waals surface area contributed by atoms with E-state index in [0.29, 0.717) is 5.56 Å². The van der Waals surface area contributed by atoms with Crippen molar-refractivity contribution in [2.45, 2.75) is 62.7 Å². The second-order valence-corrected chi connectivity index (χ2v) is 10.8. The van der Waals surface area contributed by atoms with Gasteiger partial charge < -0.3 is 45.6 Å². The molecule has 1 fully saturated rings. The van der Waals surface area contributed by atoms with Gasteiger partial charge in [-0.1, -0.05) is 49.4 Å². The SMILES string of the molecule is C[C@@H]([C@H](NC(=O)OCc1ccccc1)C(=O)N[C@H](C(=O)O)[C@H]1C[C@@H](O)[C@@H](O)[C@H](n2ccc(=O)[nH]c2=O)O1)[C@H](O)c1ccc(O)cc1. The minimum absolute atomic E-state index is 0.0768. The van der Waals surface area contributed by atoms with E-state index in [2.05, 4.69) is 10.6 Å². The fourth-order valence-corrected chi connectivity index (χ4v) is 5.00. The Morgan fingerprint density at radius 1 is 1.04 bits per heavy atom. The molecule has 8 N–H and O–H groups in total. The number of hydrogen-bond donors (Lipinski definition) is 8. The first-order valence-electron chi connectivity index (χ1n) is 14.2. The van der Waals surface area contributed by atoms with Crippen molar-refractivity contribution in [1.82, 2.24) is 20.2 Å². The van der Waals surface area contributed by atoms with E-state index in [4.69, 9.17) is 9.47 Å². The van der Waals surface area contributed by atoms with E-state index in [0.717, 1.165) is 16.8 Å². The summed E-state index contributed by atoms with van der Waals surface area (Å²) in [5.74, 6) is -3.87. The predicted molar refractivity (Wildman–Crippen MR) is 157 cm³/mol. The smallest absolute Gasteiger partial charge is 0.408 e. The highest BCUT2D eigenvalue weighted by atomic mass is 16.5. The van der Waals surface area contributed by atoms with Gasteiger partial charge in [0.25, 0.3) is 5.56 Å². The molecule has 2 aromatic carbocycles. The standard InChI is InChI=1S/C30H34N4O12/c1-15(24(38)17-7-9-18(35)10-8-17)22(33-30(44)45-14-16-5-3-2-4-6-16)26(40)32-23(28(41)42)20-13-19(36)25(39)27(46-20)34-12-11-21(37)31-29(34)43/h2-12,15,19-20,22-25,27,35-36,38-39H,13-14H2,1H3,(H,32,40)(H,33,44)(H,41,42)(H,31,37,43)/t15-,19+,20+,22-,23-,24-,25+,27+/m0/s1. The minimum Gasteiger partial charge on any atom is -0.508 e. The molecule has 246 valence electrons. The molecule has 4 rings (SSSR count). The number of aromatic hydroxyl groups is 1. The molecule has 0 radical (unpaired) electrons. The zero-order valence-corrected chi connectivity index (χ0v) is 24.4. The maximum absolute atomic E-state index is 13.7. The van der Waals surface area contributed by atoms with Gasteiger partial charge in [-0.15, -0.1) is 0 Å². The number of rotatable bonds is 11. The number of aliphatic hydroxyl groups is 3. The van der Waals surface area contributed by atoms with Gasteiger partial charge >= 0.3 is 17.8 Å². The first-order valence-corrected chi connectivity index (χ1v) is 14.2. The summed E-state index contributed by atoms with van der Waals surface area (Å²) in [7, 11) is 0. The number of H-pyrrole nitrogens is 1. The highest BCUT2D eigenvalue weighted by Gasteiger charge is 2.45. The number of phenolic OH excluding ortho intramolecular Hbond substituents is 1. The molecule has 1 aromatic heterocycles. The number of nitrogens with zero attached hydrogens (tertiary/aromatic N) is 1. The Balaban J connectivity index is 1.57. The van der Waals surface area contributed by atoms with Crippen LogP contribution in [0.1, 0.15) is 36.8 Å². The Morgan fingerprint density at radius 3 is 2.35 bits per heavy atom. The number of aliphatic hydroxyl groups excluding tert-OH is 3. The second-order valence-electron chi connectivity index (χ2n) is 10.8. The number of ether oxygens (including phenoxy) is 2. The number of carbonyl (C=O) groups excluding carboxylic acids is 2. The normalized spacial score (nSPS) is 22.1. The van der Waals surface area contributed by atoms with Crippen molar-refractivity contribution in [2.24, 2.45) is 5.92 Å². The van der Waals surface area contributed by atoms with Crippen LogP contribution in [-0.2, 0) is 25.7 Å². The number of nitrogens with one attached hydrogen (secondary N) is 3. The number of alkyl carbamates (subject to hydrolysis) is 1. The van der Waals surface area contributed by atoms with Crippen molar-refractivity contribution in [3.63, 3.8) is 0 Å². The number of aromatic amines is 1. The quantitative estimate of drug-likeness (QED) is 0.132. The molecular weight excluding hydrogens is 608 g/mol. The fourth-order valence-electron chi connectivity index (χ4n) is 5.00. The van der Waals surface area contributed by atoms with Crippen LogP contribution in [-0.4, -0.2) is 83.4 Å². The lowest BCUT2D eigenvalue weighted by Crippen LogP contribution is -2.61. The number of amides is 2. The molecular formula is C30H34N4O12. The van der Waals surface area contributed by atoms with Crippen LogP contribution in [0.25, 0.3) is 0 Å². The second kappa shape index (κ2) is 14.8. The van der Waals surface area contributed by atoms with Gasteiger partial charge in [0.05, 0.1) is 18.3 Å². The Labute approximate surface area is 260 Å². The van der Waals surface area contributed by atoms with Crippen LogP contribution in [0, 0.1) is 5.92 Å². The summed E-state index contributed by atoms with van der Waals surface area (Å²) in [6.45, 7) is 1.26. The molecule has 1 aliphatic rings. The van der Waals surface area contributed by atoms with Crippen LogP contribution >= 0.6 is 0 Å². The van der Waals surface area contributed by atoms with Gasteiger partial charge in [-0.05, 0) is 23.3 Å². The number of hydrogen-bond acceptors (Lipinski definition) is 11. The van der Waals surface area contributed by atoms with Crippen molar-refractivity contribution >= 4 is 18.0 Å². The van der Waals surface area contributed by atoms with Crippen LogP contribution in [0.2, 0.25) is 0 Å². The number of carboxylic acid groups (broad SMARTS) is 1. The third kappa shape index (κ3) is 8.16. The van der Waals surface area contributed by atoms with Gasteiger partial charge in [0.1, 0.15) is 24.5 Å². The monoisotopic (exact) mass is 642 g/mol. The lowest BCUT2D eigenvalue weighted by molar-refractivity contribution is -0.209. The maximum Gasteiger partial charge on any atom is 0.408 e. The van der Waals surface area contributed by atoms with E-state index >= 15 is 0 Å². The minimum atomic E-state index is -1.89. The lowest BCUT2D eigenvalue weighted by Gasteiger charge is -2.40. The average Bonchev–Trinajstić information content (AvgIpc) is 3.03. The highest BCUT2D eigenvalue weighted by molar-refractivity contribution is 5.89. The van der Waals surface area contributed by atoms with E-state index < -0.39 is 84.3 Å². The van der Waals surface area contributed by atoms with Crippen molar-refractivity contribution in [1.29, 1.82) is 0 Å². The first-order chi connectivity index (χ1) is 21.8. The predicted octanol–water partition coefficient (Wildman–Crippen LogP) is -0.514. The topological polar surface area (TPSA) is 250 Å². The zero-order chi connectivity index (χ0) is 33.5. The molecule has 16 heteroatoms. The summed E-state index contributed by atoms with van der Waals surface area (Å²) in [5.41, 5.74) is -0.827. The molecule has 0 aliphatic carbocycles. The number of carbonyl (C=O) groups is 3. The van der Waals surface area contributed by atoms with E-state index in [-0.39, 0.29) is 17.9 Å². The molecule has 46 heavy (non-hydrogen) atoms. The summed E-state index contributed by atoms with van der Waals surface area (Å²) in [6, 6.07) is 11.5. The third-order valence-corrected chi connectivity index (χ3v) is 7.56. The van der Waals surface area contributed by atoms with Crippen molar-refractivity contribution in [3.8, 4) is 5.75 Å².